The van der Waals surface area contributed by atoms with Crippen LogP contribution in [0.15, 0.2) is 91.0 Å². The average Bonchev–Trinajstić information content (AvgIpc) is 2.69. The minimum absolute atomic E-state index is 0.278. The Morgan fingerprint density at radius 1 is 0.538 bits per heavy atom. The van der Waals surface area contributed by atoms with E-state index in [2.05, 4.69) is 91.0 Å². The van der Waals surface area contributed by atoms with Gasteiger partial charge in [0.1, 0.15) is 0 Å². The summed E-state index contributed by atoms with van der Waals surface area (Å²) in [6.45, 7) is 0. The van der Waals surface area contributed by atoms with E-state index in [1.54, 1.807) is 22.5 Å². The molecule has 131 valence electrons. The zero-order valence-electron chi connectivity index (χ0n) is 15.4. The maximum atomic E-state index is 2.29. The molecule has 0 aromatic heterocycles. The van der Waals surface area contributed by atoms with E-state index in [0.29, 0.717) is 0 Å². The Morgan fingerprint density at radius 2 is 0.885 bits per heavy atom. The van der Waals surface area contributed by atoms with Gasteiger partial charge in [0.2, 0.25) is 0 Å². The summed E-state index contributed by atoms with van der Waals surface area (Å²) in [5.41, 5.74) is 4.66. The SMILES string of the molecule is [Sn][CH2]CCC(Cc1ccccc1)(Cc1ccccc1)Cc1ccccc1. The van der Waals surface area contributed by atoms with Crippen molar-refractivity contribution in [3.8, 4) is 0 Å². The first-order valence-electron chi connectivity index (χ1n) is 9.56. The fourth-order valence-corrected chi connectivity index (χ4v) is 4.51. The van der Waals surface area contributed by atoms with Crippen molar-refractivity contribution in [3.63, 3.8) is 0 Å². The molecule has 0 fully saturated rings. The molecule has 0 aliphatic rings. The molecule has 0 heterocycles. The van der Waals surface area contributed by atoms with Crippen LogP contribution >= 0.6 is 0 Å². The Morgan fingerprint density at radius 3 is 1.19 bits per heavy atom. The second-order valence-electron chi connectivity index (χ2n) is 7.34. The molecule has 0 spiro atoms. The molecule has 0 saturated heterocycles. The molecule has 0 saturated carbocycles. The third-order valence-electron chi connectivity index (χ3n) is 5.15. The zero-order valence-corrected chi connectivity index (χ0v) is 18.3. The van der Waals surface area contributed by atoms with E-state index in [1.807, 2.05) is 0 Å². The van der Waals surface area contributed by atoms with E-state index in [0.717, 1.165) is 19.3 Å². The van der Waals surface area contributed by atoms with Crippen LogP contribution in [0.5, 0.6) is 0 Å². The van der Waals surface area contributed by atoms with Crippen LogP contribution in [0.25, 0.3) is 0 Å². The minimum atomic E-state index is 0.278. The Labute approximate surface area is 171 Å². The summed E-state index contributed by atoms with van der Waals surface area (Å²) in [6.07, 6.45) is 6.05. The molecule has 3 rings (SSSR count). The molecule has 0 aliphatic heterocycles. The quantitative estimate of drug-likeness (QED) is 0.350. The first kappa shape index (κ1) is 19.2. The second kappa shape index (κ2) is 9.96. The van der Waals surface area contributed by atoms with Crippen LogP contribution in [0.3, 0.4) is 0 Å². The first-order valence-corrected chi connectivity index (χ1v) is 11.6. The van der Waals surface area contributed by atoms with Crippen molar-refractivity contribution < 1.29 is 0 Å². The monoisotopic (exact) mass is 447 g/mol. The van der Waals surface area contributed by atoms with Crippen molar-refractivity contribution >= 4 is 22.5 Å². The van der Waals surface area contributed by atoms with Crippen LogP contribution < -0.4 is 0 Å². The predicted molar refractivity (Wildman–Crippen MR) is 113 cm³/mol. The molecule has 0 nitrogen and oxygen atoms in total. The number of hydrogen-bond acceptors (Lipinski definition) is 0. The number of benzene rings is 3. The first-order chi connectivity index (χ1) is 12.8. The van der Waals surface area contributed by atoms with Gasteiger partial charge >= 0.3 is 172 Å². The van der Waals surface area contributed by atoms with Crippen molar-refractivity contribution in [3.05, 3.63) is 108 Å². The number of rotatable bonds is 9. The van der Waals surface area contributed by atoms with Gasteiger partial charge in [-0.3, -0.25) is 0 Å². The van der Waals surface area contributed by atoms with Gasteiger partial charge in [-0.05, 0) is 0 Å². The molecule has 3 radical (unpaired) electrons. The zero-order chi connectivity index (χ0) is 18.1. The van der Waals surface area contributed by atoms with E-state index in [-0.39, 0.29) is 5.41 Å². The second-order valence-corrected chi connectivity index (χ2v) is 8.77. The summed E-state index contributed by atoms with van der Waals surface area (Å²) < 4.78 is 1.34. The average molecular weight is 446 g/mol. The summed E-state index contributed by atoms with van der Waals surface area (Å²) in [7, 11) is 0. The van der Waals surface area contributed by atoms with Gasteiger partial charge in [0.25, 0.3) is 0 Å². The standard InChI is InChI=1S/C25H27.Sn/c1-2-18-25(19-22-12-6-3-7-13-22,20-23-14-8-4-9-15-23)21-24-16-10-5-11-17-24;/h3-17H,1-2,18-21H2;. The van der Waals surface area contributed by atoms with Gasteiger partial charge in [0, 0.05) is 0 Å². The fraction of sp³-hybridized carbons (Fsp3) is 0.280. The van der Waals surface area contributed by atoms with Crippen molar-refractivity contribution in [2.24, 2.45) is 5.41 Å². The molecule has 0 atom stereocenters. The van der Waals surface area contributed by atoms with Crippen molar-refractivity contribution in [1.29, 1.82) is 0 Å². The van der Waals surface area contributed by atoms with E-state index < -0.39 is 0 Å². The molecule has 1 heteroatoms. The number of hydrogen-bond donors (Lipinski definition) is 0. The summed E-state index contributed by atoms with van der Waals surface area (Å²) >= 11 is 1.65. The normalized spacial score (nSPS) is 11.4. The van der Waals surface area contributed by atoms with Gasteiger partial charge in [-0.25, -0.2) is 0 Å². The molecule has 0 bridgehead atoms. The topological polar surface area (TPSA) is 0 Å². The fourth-order valence-electron chi connectivity index (χ4n) is 4.00. The van der Waals surface area contributed by atoms with E-state index in [1.165, 1.54) is 34.0 Å². The van der Waals surface area contributed by atoms with Crippen molar-refractivity contribution in [2.75, 3.05) is 0 Å². The Balaban J connectivity index is 1.94. The third kappa shape index (κ3) is 5.74. The molecule has 0 amide bonds. The van der Waals surface area contributed by atoms with Crippen molar-refractivity contribution in [2.45, 2.75) is 36.5 Å². The summed E-state index contributed by atoms with van der Waals surface area (Å²) in [5.74, 6) is 0. The molecule has 3 aromatic carbocycles. The van der Waals surface area contributed by atoms with E-state index in [9.17, 15) is 0 Å². The van der Waals surface area contributed by atoms with Gasteiger partial charge in [0.05, 0.1) is 0 Å². The predicted octanol–water partition coefficient (Wildman–Crippen LogP) is 6.07. The molecular weight excluding hydrogens is 419 g/mol. The van der Waals surface area contributed by atoms with Crippen LogP contribution in [0.1, 0.15) is 29.5 Å². The molecular formula is C25H27Sn. The van der Waals surface area contributed by atoms with Gasteiger partial charge < -0.3 is 0 Å². The van der Waals surface area contributed by atoms with Crippen molar-refractivity contribution in [1.82, 2.24) is 0 Å². The summed E-state index contributed by atoms with van der Waals surface area (Å²) in [6, 6.07) is 33.2. The molecule has 26 heavy (non-hydrogen) atoms. The van der Waals surface area contributed by atoms with Crippen LogP contribution in [0.4, 0.5) is 0 Å². The molecule has 0 aliphatic carbocycles. The maximum absolute atomic E-state index is 2.29. The van der Waals surface area contributed by atoms with Crippen LogP contribution in [0, 0.1) is 5.41 Å². The Kier molecular flexibility index (Phi) is 7.37. The molecule has 0 N–H and O–H groups in total. The van der Waals surface area contributed by atoms with Gasteiger partial charge in [-0.15, -0.1) is 0 Å². The van der Waals surface area contributed by atoms with Gasteiger partial charge in [-0.1, -0.05) is 0 Å². The van der Waals surface area contributed by atoms with Gasteiger partial charge in [0.15, 0.2) is 0 Å². The molecule has 0 unspecified atom stereocenters. The summed E-state index contributed by atoms with van der Waals surface area (Å²) in [4.78, 5) is 0. The molecule has 3 aromatic rings. The third-order valence-corrected chi connectivity index (χ3v) is 6.16. The van der Waals surface area contributed by atoms with Crippen LogP contribution in [-0.4, -0.2) is 22.5 Å². The Bertz CT molecular complexity index is 649. The van der Waals surface area contributed by atoms with Crippen LogP contribution in [-0.2, 0) is 19.3 Å². The van der Waals surface area contributed by atoms with Crippen LogP contribution in [0.2, 0.25) is 4.44 Å². The van der Waals surface area contributed by atoms with Gasteiger partial charge in [-0.2, -0.15) is 0 Å². The summed E-state index contributed by atoms with van der Waals surface area (Å²) in [5, 5.41) is 0. The van der Waals surface area contributed by atoms with E-state index in [4.69, 9.17) is 0 Å². The Hall–Kier alpha value is -1.54. The van der Waals surface area contributed by atoms with E-state index >= 15 is 0 Å².